The zero-order valence-electron chi connectivity index (χ0n) is 20.8. The third kappa shape index (κ3) is 4.91. The lowest BCUT2D eigenvalue weighted by Gasteiger charge is -2.12. The van der Waals surface area contributed by atoms with E-state index < -0.39 is 5.91 Å². The summed E-state index contributed by atoms with van der Waals surface area (Å²) < 4.78 is 2.48. The van der Waals surface area contributed by atoms with E-state index in [1.54, 1.807) is 30.3 Å². The number of carbonyl (C=O) groups is 1. The second-order valence-corrected chi connectivity index (χ2v) is 8.83. The van der Waals surface area contributed by atoms with Crippen molar-refractivity contribution in [3.63, 3.8) is 0 Å². The van der Waals surface area contributed by atoms with Gasteiger partial charge in [0.1, 0.15) is 6.54 Å². The van der Waals surface area contributed by atoms with E-state index in [1.165, 1.54) is 9.36 Å². The van der Waals surface area contributed by atoms with Crippen LogP contribution in [0.25, 0.3) is 33.3 Å². The molecule has 0 aliphatic rings. The molecular weight excluding hydrogens is 490 g/mol. The summed E-state index contributed by atoms with van der Waals surface area (Å²) in [6.07, 6.45) is 0. The minimum atomic E-state index is -0.425. The molecule has 0 spiro atoms. The molecular formula is C31H23N5O3. The first-order chi connectivity index (χ1) is 19.2. The van der Waals surface area contributed by atoms with Gasteiger partial charge in [-0.15, -0.1) is 5.10 Å². The van der Waals surface area contributed by atoms with E-state index in [0.29, 0.717) is 28.3 Å². The summed E-state index contributed by atoms with van der Waals surface area (Å²) >= 11 is 0. The lowest BCUT2D eigenvalue weighted by Crippen LogP contribution is -2.30. The van der Waals surface area contributed by atoms with E-state index >= 15 is 0 Å². The van der Waals surface area contributed by atoms with Gasteiger partial charge in [-0.3, -0.25) is 9.59 Å². The molecule has 8 heteroatoms. The van der Waals surface area contributed by atoms with Gasteiger partial charge in [0.25, 0.3) is 11.5 Å². The van der Waals surface area contributed by atoms with Crippen LogP contribution in [0.3, 0.4) is 0 Å². The number of aromatic nitrogens is 4. The summed E-state index contributed by atoms with van der Waals surface area (Å²) in [5, 5.41) is 10.3. The molecule has 190 valence electrons. The predicted molar refractivity (Wildman–Crippen MR) is 150 cm³/mol. The first-order valence-corrected chi connectivity index (χ1v) is 12.4. The Hall–Kier alpha value is -5.50. The molecule has 1 N–H and O–H groups in total. The molecule has 39 heavy (non-hydrogen) atoms. The highest BCUT2D eigenvalue weighted by Crippen LogP contribution is 2.25. The maximum Gasteiger partial charge on any atom is 0.275 e. The number of nitrogens with zero attached hydrogens (tertiary/aromatic N) is 4. The highest BCUT2D eigenvalue weighted by molar-refractivity contribution is 5.94. The molecule has 0 radical (unpaired) electrons. The number of anilines is 1. The molecule has 8 nitrogen and oxygen atoms in total. The molecule has 6 aromatic rings. The second kappa shape index (κ2) is 10.5. The van der Waals surface area contributed by atoms with E-state index in [-0.39, 0.29) is 12.1 Å². The number of rotatable bonds is 7. The Balaban J connectivity index is 1.38. The lowest BCUT2D eigenvalue weighted by atomic mass is 10.1. The SMILES string of the molecule is O=C(Cn1nc(-c2ccccc2)c2ccccc2c1=O)n1nc(NOc2ccccc2)cc1-c1ccccc1. The maximum atomic E-state index is 13.7. The van der Waals surface area contributed by atoms with Gasteiger partial charge in [0, 0.05) is 22.6 Å². The molecule has 0 fully saturated rings. The molecule has 2 heterocycles. The molecule has 2 aromatic heterocycles. The van der Waals surface area contributed by atoms with Crippen molar-refractivity contribution in [2.45, 2.75) is 6.54 Å². The van der Waals surface area contributed by atoms with E-state index in [4.69, 9.17) is 4.84 Å². The van der Waals surface area contributed by atoms with Crippen molar-refractivity contribution >= 4 is 22.5 Å². The van der Waals surface area contributed by atoms with Gasteiger partial charge in [-0.25, -0.2) is 10.2 Å². The number of hydrogen-bond acceptors (Lipinski definition) is 6. The number of hydrogen-bond donors (Lipinski definition) is 1. The number of nitrogens with one attached hydrogen (secondary N) is 1. The molecule has 0 aliphatic carbocycles. The first kappa shape index (κ1) is 23.9. The van der Waals surface area contributed by atoms with E-state index in [9.17, 15) is 9.59 Å². The normalized spacial score (nSPS) is 10.9. The Kier molecular flexibility index (Phi) is 6.41. The highest BCUT2D eigenvalue weighted by atomic mass is 16.6. The van der Waals surface area contributed by atoms with Crippen LogP contribution in [0.2, 0.25) is 0 Å². The van der Waals surface area contributed by atoms with Gasteiger partial charge in [-0.1, -0.05) is 97.1 Å². The van der Waals surface area contributed by atoms with Crippen molar-refractivity contribution in [2.24, 2.45) is 0 Å². The molecule has 0 saturated carbocycles. The van der Waals surface area contributed by atoms with E-state index in [2.05, 4.69) is 15.7 Å². The molecule has 0 saturated heterocycles. The van der Waals surface area contributed by atoms with Gasteiger partial charge in [0.2, 0.25) is 0 Å². The Labute approximate surface area is 223 Å². The number of carbonyl (C=O) groups excluding carboxylic acids is 1. The summed E-state index contributed by atoms with van der Waals surface area (Å²) in [6, 6.07) is 37.2. The van der Waals surface area contributed by atoms with Crippen molar-refractivity contribution in [1.82, 2.24) is 19.6 Å². The summed E-state index contributed by atoms with van der Waals surface area (Å²) in [5.41, 5.74) is 5.27. The van der Waals surface area contributed by atoms with Crippen molar-refractivity contribution in [1.29, 1.82) is 0 Å². The van der Waals surface area contributed by atoms with Gasteiger partial charge in [0.15, 0.2) is 11.6 Å². The second-order valence-electron chi connectivity index (χ2n) is 8.83. The first-order valence-electron chi connectivity index (χ1n) is 12.4. The number of para-hydroxylation sites is 1. The molecule has 0 bridgehead atoms. The Morgan fingerprint density at radius 2 is 1.31 bits per heavy atom. The minimum absolute atomic E-state index is 0.302. The molecule has 4 aromatic carbocycles. The average molecular weight is 514 g/mol. The highest BCUT2D eigenvalue weighted by Gasteiger charge is 2.20. The van der Waals surface area contributed by atoms with Crippen molar-refractivity contribution < 1.29 is 9.63 Å². The fourth-order valence-electron chi connectivity index (χ4n) is 4.38. The Morgan fingerprint density at radius 3 is 2.00 bits per heavy atom. The monoisotopic (exact) mass is 513 g/mol. The van der Waals surface area contributed by atoms with Crippen molar-refractivity contribution in [3.8, 4) is 28.3 Å². The van der Waals surface area contributed by atoms with Crippen LogP contribution in [-0.4, -0.2) is 25.5 Å². The summed E-state index contributed by atoms with van der Waals surface area (Å²) in [7, 11) is 0. The predicted octanol–water partition coefficient (Wildman–Crippen LogP) is 5.67. The fourth-order valence-corrected chi connectivity index (χ4v) is 4.38. The van der Waals surface area contributed by atoms with Gasteiger partial charge in [-0.05, 0) is 18.2 Å². The maximum absolute atomic E-state index is 13.7. The molecule has 6 rings (SSSR count). The van der Waals surface area contributed by atoms with Crippen LogP contribution in [0.15, 0.2) is 126 Å². The fraction of sp³-hybridized carbons (Fsp3) is 0.0323. The number of fused-ring (bicyclic) bond motifs is 1. The molecule has 0 aliphatic heterocycles. The number of benzene rings is 4. The molecule has 0 atom stereocenters. The largest absolute Gasteiger partial charge is 0.381 e. The van der Waals surface area contributed by atoms with Crippen LogP contribution in [0.4, 0.5) is 5.82 Å². The lowest BCUT2D eigenvalue weighted by molar-refractivity contribution is 0.0871. The summed E-state index contributed by atoms with van der Waals surface area (Å²) in [5.74, 6) is 0.514. The summed E-state index contributed by atoms with van der Waals surface area (Å²) in [6.45, 7) is -0.302. The van der Waals surface area contributed by atoms with E-state index in [1.807, 2.05) is 91.0 Å². The molecule has 0 unspecified atom stereocenters. The van der Waals surface area contributed by atoms with Crippen molar-refractivity contribution in [2.75, 3.05) is 5.48 Å². The van der Waals surface area contributed by atoms with Crippen LogP contribution in [-0.2, 0) is 6.54 Å². The Morgan fingerprint density at radius 1 is 0.718 bits per heavy atom. The van der Waals surface area contributed by atoms with Crippen molar-refractivity contribution in [3.05, 3.63) is 132 Å². The Bertz CT molecular complexity index is 1810. The van der Waals surface area contributed by atoms with Gasteiger partial charge >= 0.3 is 0 Å². The van der Waals surface area contributed by atoms with Crippen LogP contribution in [0, 0.1) is 0 Å². The van der Waals surface area contributed by atoms with Crippen LogP contribution in [0.5, 0.6) is 5.75 Å². The van der Waals surface area contributed by atoms with E-state index in [0.717, 1.165) is 16.5 Å². The summed E-state index contributed by atoms with van der Waals surface area (Å²) in [4.78, 5) is 32.7. The van der Waals surface area contributed by atoms with Crippen LogP contribution >= 0.6 is 0 Å². The zero-order valence-corrected chi connectivity index (χ0v) is 20.8. The minimum Gasteiger partial charge on any atom is -0.381 e. The third-order valence-corrected chi connectivity index (χ3v) is 6.23. The van der Waals surface area contributed by atoms with Gasteiger partial charge in [-0.2, -0.15) is 9.78 Å². The zero-order chi connectivity index (χ0) is 26.6. The van der Waals surface area contributed by atoms with Crippen LogP contribution < -0.4 is 15.9 Å². The quantitative estimate of drug-likeness (QED) is 0.277. The van der Waals surface area contributed by atoms with Gasteiger partial charge in [0.05, 0.1) is 16.8 Å². The third-order valence-electron chi connectivity index (χ3n) is 6.23. The van der Waals surface area contributed by atoms with Crippen LogP contribution in [0.1, 0.15) is 4.79 Å². The smallest absolute Gasteiger partial charge is 0.275 e. The topological polar surface area (TPSA) is 91.0 Å². The average Bonchev–Trinajstić information content (AvgIpc) is 3.44. The standard InChI is InChI=1S/C31H23N5O3/c37-29(21-35-31(38)26-19-11-10-18-25(26)30(33-35)23-14-6-2-7-15-23)36-27(22-12-4-1-5-13-22)20-28(32-36)34-39-24-16-8-3-9-17-24/h1-20H,21H2,(H,32,34). The van der Waals surface area contributed by atoms with Gasteiger partial charge < -0.3 is 4.84 Å². The molecule has 0 amide bonds.